The van der Waals surface area contributed by atoms with Crippen LogP contribution in [-0.2, 0) is 4.79 Å². The van der Waals surface area contributed by atoms with Crippen molar-refractivity contribution in [2.24, 2.45) is 52.3 Å². The van der Waals surface area contributed by atoms with Gasteiger partial charge in [0.15, 0.2) is 0 Å². The maximum absolute atomic E-state index is 11.6. The number of hydrogen-bond acceptors (Lipinski definition) is 4. The number of hydrogen-bond donors (Lipinski definition) is 4. The van der Waals surface area contributed by atoms with Gasteiger partial charge in [-0.3, -0.25) is 4.79 Å². The van der Waals surface area contributed by atoms with Crippen molar-refractivity contribution < 1.29 is 25.2 Å². The van der Waals surface area contributed by atoms with Crippen LogP contribution in [0.25, 0.3) is 0 Å². The molecule has 32 heavy (non-hydrogen) atoms. The van der Waals surface area contributed by atoms with E-state index in [0.717, 1.165) is 57.8 Å². The molecule has 4 N–H and O–H groups in total. The summed E-state index contributed by atoms with van der Waals surface area (Å²) in [5.41, 5.74) is -0.0561. The molecular formula is C27H46O5. The predicted molar refractivity (Wildman–Crippen MR) is 124 cm³/mol. The Labute approximate surface area is 194 Å². The van der Waals surface area contributed by atoms with Gasteiger partial charge in [0, 0.05) is 0 Å². The molecule has 4 aliphatic carbocycles. The lowest BCUT2D eigenvalue weighted by Crippen LogP contribution is -2.62. The van der Waals surface area contributed by atoms with Crippen LogP contribution in [0, 0.1) is 52.3 Å². The molecule has 0 radical (unpaired) electrons. The van der Waals surface area contributed by atoms with Crippen LogP contribution in [0.4, 0.5) is 0 Å². The van der Waals surface area contributed by atoms with E-state index in [1.807, 2.05) is 0 Å². The minimum Gasteiger partial charge on any atom is -0.481 e. The summed E-state index contributed by atoms with van der Waals surface area (Å²) in [5.74, 6) is 1.16. The number of carboxylic acid groups (broad SMARTS) is 1. The van der Waals surface area contributed by atoms with Crippen molar-refractivity contribution in [3.63, 3.8) is 0 Å². The van der Waals surface area contributed by atoms with Crippen LogP contribution >= 0.6 is 0 Å². The number of rotatable bonds is 6. The predicted octanol–water partition coefficient (Wildman–Crippen LogP) is 4.47. The van der Waals surface area contributed by atoms with Gasteiger partial charge < -0.3 is 20.4 Å². The molecule has 4 saturated carbocycles. The first-order valence-corrected chi connectivity index (χ1v) is 13.3. The number of aliphatic hydroxyl groups excluding tert-OH is 3. The van der Waals surface area contributed by atoms with Gasteiger partial charge >= 0.3 is 5.97 Å². The summed E-state index contributed by atoms with van der Waals surface area (Å²) in [6.45, 7) is 8.74. The van der Waals surface area contributed by atoms with E-state index in [0.29, 0.717) is 36.0 Å². The Hall–Kier alpha value is -0.650. The Morgan fingerprint density at radius 1 is 0.969 bits per heavy atom. The van der Waals surface area contributed by atoms with Gasteiger partial charge in [0.2, 0.25) is 0 Å². The zero-order chi connectivity index (χ0) is 23.4. The number of carboxylic acids is 1. The van der Waals surface area contributed by atoms with Gasteiger partial charge in [-0.2, -0.15) is 0 Å². The van der Waals surface area contributed by atoms with Crippen LogP contribution in [-0.4, -0.2) is 44.7 Å². The smallest absolute Gasteiger partial charge is 0.306 e. The lowest BCUT2D eigenvalue weighted by Gasteiger charge is -2.63. The van der Waals surface area contributed by atoms with E-state index in [9.17, 15) is 25.2 Å². The number of aliphatic hydroxyl groups is 3. The molecule has 12 atom stereocenters. The van der Waals surface area contributed by atoms with Gasteiger partial charge in [-0.1, -0.05) is 40.5 Å². The number of aliphatic carboxylic acids is 1. The highest BCUT2D eigenvalue weighted by Crippen LogP contribution is 2.68. The summed E-state index contributed by atoms with van der Waals surface area (Å²) in [5, 5.41) is 42.4. The largest absolute Gasteiger partial charge is 0.481 e. The molecular weight excluding hydrogens is 404 g/mol. The zero-order valence-electron chi connectivity index (χ0n) is 20.5. The first kappa shape index (κ1) is 24.5. The van der Waals surface area contributed by atoms with Gasteiger partial charge in [-0.15, -0.1) is 0 Å². The quantitative estimate of drug-likeness (QED) is 0.478. The van der Waals surface area contributed by atoms with Crippen molar-refractivity contribution in [3.8, 4) is 0 Å². The Bertz CT molecular complexity index is 696. The second-order valence-electron chi connectivity index (χ2n) is 12.7. The van der Waals surface area contributed by atoms with E-state index >= 15 is 0 Å². The molecule has 0 heterocycles. The molecule has 0 aromatic rings. The number of fused-ring (bicyclic) bond motifs is 5. The van der Waals surface area contributed by atoms with E-state index in [4.69, 9.17) is 0 Å². The molecule has 184 valence electrons. The summed E-state index contributed by atoms with van der Waals surface area (Å²) < 4.78 is 0. The van der Waals surface area contributed by atoms with Gasteiger partial charge in [-0.05, 0) is 97.7 Å². The minimum atomic E-state index is -0.715. The number of carbonyl (C=O) groups is 1. The van der Waals surface area contributed by atoms with Crippen LogP contribution in [0.2, 0.25) is 0 Å². The highest BCUT2D eigenvalue weighted by atomic mass is 16.4. The summed E-state index contributed by atoms with van der Waals surface area (Å²) in [6, 6.07) is 0. The molecule has 12 unspecified atom stereocenters. The second-order valence-corrected chi connectivity index (χ2v) is 12.7. The molecule has 0 saturated heterocycles. The van der Waals surface area contributed by atoms with Crippen LogP contribution < -0.4 is 0 Å². The van der Waals surface area contributed by atoms with E-state index in [2.05, 4.69) is 20.8 Å². The molecule has 4 fully saturated rings. The van der Waals surface area contributed by atoms with E-state index < -0.39 is 5.97 Å². The Balaban J connectivity index is 1.51. The Morgan fingerprint density at radius 2 is 1.69 bits per heavy atom. The zero-order valence-corrected chi connectivity index (χ0v) is 20.5. The van der Waals surface area contributed by atoms with E-state index in [1.54, 1.807) is 6.92 Å². The van der Waals surface area contributed by atoms with Crippen LogP contribution in [0.3, 0.4) is 0 Å². The lowest BCUT2D eigenvalue weighted by atomic mass is 9.43. The van der Waals surface area contributed by atoms with Gasteiger partial charge in [0.1, 0.15) is 0 Å². The summed E-state index contributed by atoms with van der Waals surface area (Å²) in [6.07, 6.45) is 8.11. The fourth-order valence-electron chi connectivity index (χ4n) is 9.20. The first-order valence-electron chi connectivity index (χ1n) is 13.3. The summed E-state index contributed by atoms with van der Waals surface area (Å²) >= 11 is 0. The summed E-state index contributed by atoms with van der Waals surface area (Å²) in [4.78, 5) is 11.2. The average molecular weight is 451 g/mol. The molecule has 0 bridgehead atoms. The molecule has 4 rings (SSSR count). The maximum Gasteiger partial charge on any atom is 0.306 e. The molecule has 0 aliphatic heterocycles. The molecule has 0 aromatic heterocycles. The lowest BCUT2D eigenvalue weighted by molar-refractivity contribution is -0.207. The van der Waals surface area contributed by atoms with Crippen molar-refractivity contribution in [1.29, 1.82) is 0 Å². The standard InChI is InChI=1S/C27H46O5/c1-15(6-5-7-16(2)25(31)32)19-8-9-20-24-21(14-23(30)27(19,20)4)26(3)11-10-18(28)12-17(26)13-22(24)29/h15-24,28-30H,5-14H2,1-4H3,(H,31,32). The highest BCUT2D eigenvalue weighted by Gasteiger charge is 2.65. The van der Waals surface area contributed by atoms with E-state index in [1.165, 1.54) is 0 Å². The first-order chi connectivity index (χ1) is 15.0. The van der Waals surface area contributed by atoms with Crippen molar-refractivity contribution in [2.45, 2.75) is 110 Å². The van der Waals surface area contributed by atoms with Crippen molar-refractivity contribution in [1.82, 2.24) is 0 Å². The van der Waals surface area contributed by atoms with Crippen molar-refractivity contribution >= 4 is 5.97 Å². The maximum atomic E-state index is 11.6. The fraction of sp³-hybridized carbons (Fsp3) is 0.963. The van der Waals surface area contributed by atoms with Crippen molar-refractivity contribution in [2.75, 3.05) is 0 Å². The third-order valence-electron chi connectivity index (χ3n) is 11.2. The highest BCUT2D eigenvalue weighted by molar-refractivity contribution is 5.69. The van der Waals surface area contributed by atoms with Crippen LogP contribution in [0.1, 0.15) is 91.9 Å². The normalized spacial score (nSPS) is 50.1. The molecule has 0 amide bonds. The Kier molecular flexibility index (Phi) is 6.77. The average Bonchev–Trinajstić information content (AvgIpc) is 3.08. The van der Waals surface area contributed by atoms with Gasteiger partial charge in [0.25, 0.3) is 0 Å². The van der Waals surface area contributed by atoms with Crippen LogP contribution in [0.5, 0.6) is 0 Å². The monoisotopic (exact) mass is 450 g/mol. The molecule has 5 nitrogen and oxygen atoms in total. The third-order valence-corrected chi connectivity index (χ3v) is 11.2. The third kappa shape index (κ3) is 3.84. The molecule has 4 aliphatic rings. The van der Waals surface area contributed by atoms with Crippen molar-refractivity contribution in [3.05, 3.63) is 0 Å². The molecule has 0 aromatic carbocycles. The van der Waals surface area contributed by atoms with E-state index in [-0.39, 0.29) is 41.0 Å². The molecule has 0 spiro atoms. The van der Waals surface area contributed by atoms with Gasteiger partial charge in [-0.25, -0.2) is 0 Å². The SMILES string of the molecule is CC(CCCC(C)C1CCC2C3C(O)CC4CC(O)CCC4(C)C3CC(O)C12C)C(=O)O. The minimum absolute atomic E-state index is 0.113. The fourth-order valence-corrected chi connectivity index (χ4v) is 9.20. The second kappa shape index (κ2) is 8.85. The molecule has 5 heteroatoms. The van der Waals surface area contributed by atoms with Crippen LogP contribution in [0.15, 0.2) is 0 Å². The van der Waals surface area contributed by atoms with Gasteiger partial charge in [0.05, 0.1) is 24.2 Å². The Morgan fingerprint density at radius 3 is 2.38 bits per heavy atom. The summed E-state index contributed by atoms with van der Waals surface area (Å²) in [7, 11) is 0. The topological polar surface area (TPSA) is 98.0 Å².